The minimum absolute atomic E-state index is 0.183. The fourth-order valence-electron chi connectivity index (χ4n) is 4.77. The lowest BCUT2D eigenvalue weighted by molar-refractivity contribution is 0.0948. The molecule has 9 nitrogen and oxygen atoms in total. The highest BCUT2D eigenvalue weighted by Crippen LogP contribution is 2.42. The van der Waals surface area contributed by atoms with Crippen LogP contribution in [0.25, 0.3) is 20.7 Å². The second-order valence-corrected chi connectivity index (χ2v) is 11.2. The van der Waals surface area contributed by atoms with Gasteiger partial charge in [-0.2, -0.15) is 0 Å². The summed E-state index contributed by atoms with van der Waals surface area (Å²) >= 11 is 1.63. The van der Waals surface area contributed by atoms with Crippen molar-refractivity contribution in [3.63, 3.8) is 0 Å². The Morgan fingerprint density at radius 1 is 1.19 bits per heavy atom. The molecule has 36 heavy (non-hydrogen) atoms. The molecule has 2 N–H and O–H groups in total. The van der Waals surface area contributed by atoms with Gasteiger partial charge in [-0.15, -0.1) is 11.3 Å². The fraction of sp³-hybridized carbons (Fsp3) is 0.280. The van der Waals surface area contributed by atoms with Crippen molar-refractivity contribution in [2.75, 3.05) is 36.4 Å². The van der Waals surface area contributed by atoms with Gasteiger partial charge in [-0.1, -0.05) is 6.07 Å². The molecule has 2 aliphatic rings. The summed E-state index contributed by atoms with van der Waals surface area (Å²) in [6.45, 7) is 4.29. The normalized spacial score (nSPS) is 19.5. The molecule has 11 heteroatoms. The molecule has 8 bridgehead atoms. The van der Waals surface area contributed by atoms with E-state index < -0.39 is 11.0 Å². The van der Waals surface area contributed by atoms with Crippen molar-refractivity contribution in [3.05, 3.63) is 54.0 Å². The average Bonchev–Trinajstić information content (AvgIpc) is 3.51. The zero-order valence-electron chi connectivity index (χ0n) is 19.8. The third-order valence-corrected chi connectivity index (χ3v) is 9.05. The summed E-state index contributed by atoms with van der Waals surface area (Å²) in [5, 5.41) is 3.05. The van der Waals surface area contributed by atoms with Gasteiger partial charge in [0.25, 0.3) is 5.91 Å². The van der Waals surface area contributed by atoms with Crippen molar-refractivity contribution in [1.82, 2.24) is 20.3 Å². The molecule has 0 aliphatic carbocycles. The first-order valence-electron chi connectivity index (χ1n) is 11.6. The molecular formula is C25H24N6O3S2. The molecule has 0 spiro atoms. The van der Waals surface area contributed by atoms with E-state index >= 15 is 0 Å². The number of aryl methyl sites for hydroxylation is 1. The Hall–Kier alpha value is -3.57. The molecule has 4 aromatic rings. The van der Waals surface area contributed by atoms with Gasteiger partial charge in [-0.05, 0) is 49.1 Å². The number of thiophene rings is 1. The molecule has 2 atom stereocenters. The molecule has 6 rings (SSSR count). The lowest BCUT2D eigenvalue weighted by Gasteiger charge is -2.18. The number of hydrogen-bond donors (Lipinski definition) is 2. The minimum atomic E-state index is -1.63. The second-order valence-electron chi connectivity index (χ2n) is 8.92. The van der Waals surface area contributed by atoms with E-state index in [2.05, 4.69) is 36.8 Å². The predicted molar refractivity (Wildman–Crippen MR) is 141 cm³/mol. The number of carbonyl (C=O) groups excluding carboxylic acids is 1. The van der Waals surface area contributed by atoms with E-state index in [4.69, 9.17) is 4.74 Å². The molecule has 1 unspecified atom stereocenters. The summed E-state index contributed by atoms with van der Waals surface area (Å²) in [6, 6.07) is 8.74. The van der Waals surface area contributed by atoms with E-state index in [1.165, 1.54) is 7.11 Å². The highest BCUT2D eigenvalue weighted by Gasteiger charge is 2.27. The highest BCUT2D eigenvalue weighted by molar-refractivity contribution is 7.86. The summed E-state index contributed by atoms with van der Waals surface area (Å²) in [7, 11) is -0.110. The van der Waals surface area contributed by atoms with Crippen LogP contribution >= 0.6 is 11.3 Å². The van der Waals surface area contributed by atoms with Crippen molar-refractivity contribution < 1.29 is 13.7 Å². The molecule has 0 saturated carbocycles. The molecule has 0 radical (unpaired) electrons. The molecule has 1 saturated heterocycles. The maximum Gasteiger partial charge on any atom is 0.251 e. The van der Waals surface area contributed by atoms with Crippen LogP contribution in [-0.4, -0.2) is 51.8 Å². The number of anilines is 2. The summed E-state index contributed by atoms with van der Waals surface area (Å²) in [5.74, 6) is 1.38. The number of hydrogen-bond acceptors (Lipinski definition) is 8. The quantitative estimate of drug-likeness (QED) is 0.393. The number of fused-ring (bicyclic) bond motifs is 9. The van der Waals surface area contributed by atoms with Crippen LogP contribution in [0.5, 0.6) is 5.88 Å². The highest BCUT2D eigenvalue weighted by atomic mass is 32.2. The zero-order valence-corrected chi connectivity index (χ0v) is 21.4. The van der Waals surface area contributed by atoms with Gasteiger partial charge >= 0.3 is 0 Å². The second kappa shape index (κ2) is 9.14. The third kappa shape index (κ3) is 3.97. The summed E-state index contributed by atoms with van der Waals surface area (Å²) < 4.78 is 22.7. The van der Waals surface area contributed by atoms with Gasteiger partial charge in [0, 0.05) is 41.8 Å². The third-order valence-electron chi connectivity index (χ3n) is 6.64. The predicted octanol–water partition coefficient (Wildman–Crippen LogP) is 3.77. The number of ether oxygens (including phenoxy) is 1. The van der Waals surface area contributed by atoms with Gasteiger partial charge in [0.15, 0.2) is 0 Å². The van der Waals surface area contributed by atoms with Crippen LogP contribution in [0.1, 0.15) is 22.3 Å². The van der Waals surface area contributed by atoms with Crippen molar-refractivity contribution in [3.8, 4) is 16.3 Å². The maximum absolute atomic E-state index is 13.2. The average molecular weight is 521 g/mol. The van der Waals surface area contributed by atoms with Crippen molar-refractivity contribution in [1.29, 1.82) is 0 Å². The van der Waals surface area contributed by atoms with Gasteiger partial charge in [0.1, 0.15) is 28.8 Å². The van der Waals surface area contributed by atoms with Crippen molar-refractivity contribution in [2.45, 2.75) is 18.2 Å². The summed E-state index contributed by atoms with van der Waals surface area (Å²) in [6.07, 6.45) is 4.34. The van der Waals surface area contributed by atoms with Crippen LogP contribution in [0, 0.1) is 12.8 Å². The van der Waals surface area contributed by atoms with Gasteiger partial charge in [-0.25, -0.2) is 19.2 Å². The zero-order chi connectivity index (χ0) is 24.8. The molecule has 5 heterocycles. The van der Waals surface area contributed by atoms with Gasteiger partial charge < -0.3 is 15.0 Å². The topological polar surface area (TPSA) is 109 Å². The molecule has 1 fully saturated rings. The first kappa shape index (κ1) is 22.9. The Balaban J connectivity index is 1.51. The molecule has 3 aromatic heterocycles. The van der Waals surface area contributed by atoms with Crippen molar-refractivity contribution >= 4 is 50.0 Å². The number of nitrogens with one attached hydrogen (secondary N) is 2. The summed E-state index contributed by atoms with van der Waals surface area (Å²) in [4.78, 5) is 30.4. The molecule has 184 valence electrons. The van der Waals surface area contributed by atoms with Crippen LogP contribution in [-0.2, 0) is 11.0 Å². The Morgan fingerprint density at radius 3 is 2.94 bits per heavy atom. The van der Waals surface area contributed by atoms with Crippen LogP contribution in [0.3, 0.4) is 0 Å². The number of pyridine rings is 1. The van der Waals surface area contributed by atoms with E-state index in [1.807, 2.05) is 6.07 Å². The Labute approximate surface area is 214 Å². The van der Waals surface area contributed by atoms with E-state index in [0.29, 0.717) is 34.5 Å². The lowest BCUT2D eigenvalue weighted by atomic mass is 10.1. The number of amides is 1. The number of methoxy groups -OCH3 is 1. The van der Waals surface area contributed by atoms with Gasteiger partial charge in [0.2, 0.25) is 5.88 Å². The Bertz CT molecular complexity index is 1520. The first-order valence-corrected chi connectivity index (χ1v) is 13.6. The first-order chi connectivity index (χ1) is 17.5. The number of rotatable bonds is 1. The maximum atomic E-state index is 13.2. The molecular weight excluding hydrogens is 496 g/mol. The van der Waals surface area contributed by atoms with Crippen LogP contribution in [0.2, 0.25) is 0 Å². The van der Waals surface area contributed by atoms with E-state index in [-0.39, 0.29) is 5.91 Å². The lowest BCUT2D eigenvalue weighted by Crippen LogP contribution is -2.31. The Morgan fingerprint density at radius 2 is 2.08 bits per heavy atom. The van der Waals surface area contributed by atoms with Crippen LogP contribution in [0.15, 0.2) is 47.8 Å². The molecule has 1 amide bonds. The standard InChI is InChI=1S/C25H24N6O3S2/c1-14-20-22-23(29-13-28-20)31-7-6-15(12-31)10-26-24(32)16-4-3-5-18(8-16)36(33)30-19-9-17(21(14)35-22)11-27-25(19)34-2/h3-5,8-9,11,13,15,30H,6-7,10,12H2,1-2H3,(H,26,32)/t15-,36?/m1/s1. The van der Waals surface area contributed by atoms with Crippen molar-refractivity contribution in [2.24, 2.45) is 5.92 Å². The largest absolute Gasteiger partial charge is 0.480 e. The Kier molecular flexibility index (Phi) is 5.81. The number of nitrogens with zero attached hydrogens (tertiary/aromatic N) is 4. The number of benzene rings is 1. The number of aromatic nitrogens is 3. The van der Waals surface area contributed by atoms with Gasteiger partial charge in [-0.3, -0.25) is 9.52 Å². The van der Waals surface area contributed by atoms with Crippen LogP contribution in [0.4, 0.5) is 11.5 Å². The minimum Gasteiger partial charge on any atom is -0.480 e. The summed E-state index contributed by atoms with van der Waals surface area (Å²) in [5.41, 5.74) is 3.80. The monoisotopic (exact) mass is 520 g/mol. The SMILES string of the molecule is COc1ncc2cc1NS(=O)c1cccc(c1)C(=O)NC[C@H]1CCN(C1)c1ncnc3c(C)c-2sc13. The number of carbonyl (C=O) groups is 1. The molecule has 2 aliphatic heterocycles. The molecule has 1 aromatic carbocycles. The van der Waals surface area contributed by atoms with E-state index in [0.717, 1.165) is 51.5 Å². The smallest absolute Gasteiger partial charge is 0.251 e. The van der Waals surface area contributed by atoms with E-state index in [1.54, 1.807) is 48.1 Å². The van der Waals surface area contributed by atoms with Crippen LogP contribution < -0.4 is 19.7 Å². The van der Waals surface area contributed by atoms with Gasteiger partial charge in [0.05, 0.1) is 22.2 Å². The van der Waals surface area contributed by atoms with E-state index in [9.17, 15) is 9.00 Å². The fourth-order valence-corrected chi connectivity index (χ4v) is 6.93.